The summed E-state index contributed by atoms with van der Waals surface area (Å²) in [4.78, 5) is 17.8. The number of aliphatic hydroxyl groups is 1. The molecular weight excluding hydrogens is 296 g/mol. The minimum atomic E-state index is -0.511. The third kappa shape index (κ3) is 4.39. The lowest BCUT2D eigenvalue weighted by Crippen LogP contribution is -2.33. The van der Waals surface area contributed by atoms with Crippen molar-refractivity contribution in [2.45, 2.75) is 33.3 Å². The zero-order chi connectivity index (χ0) is 16.1. The Morgan fingerprint density at radius 3 is 2.73 bits per heavy atom. The fourth-order valence-corrected chi connectivity index (χ4v) is 2.99. The van der Waals surface area contributed by atoms with Crippen LogP contribution in [0.3, 0.4) is 0 Å². The number of hydrogen-bond acceptors (Lipinski definition) is 4. The Morgan fingerprint density at radius 2 is 2.14 bits per heavy atom. The Hall–Kier alpha value is -1.72. The molecule has 0 aliphatic carbocycles. The highest BCUT2D eigenvalue weighted by Gasteiger charge is 2.14. The monoisotopic (exact) mass is 318 g/mol. The first-order valence-corrected chi connectivity index (χ1v) is 8.33. The van der Waals surface area contributed by atoms with Gasteiger partial charge in [0.2, 0.25) is 0 Å². The number of rotatable bonds is 6. The molecule has 1 amide bonds. The largest absolute Gasteiger partial charge is 0.391 e. The van der Waals surface area contributed by atoms with E-state index < -0.39 is 6.10 Å². The molecule has 0 fully saturated rings. The van der Waals surface area contributed by atoms with Gasteiger partial charge in [-0.05, 0) is 42.8 Å². The predicted octanol–water partition coefficient (Wildman–Crippen LogP) is 3.26. The van der Waals surface area contributed by atoms with Crippen LogP contribution in [0.2, 0.25) is 0 Å². The molecule has 0 aliphatic heterocycles. The number of hydrogen-bond donors (Lipinski definition) is 2. The first-order valence-electron chi connectivity index (χ1n) is 7.45. The average molecular weight is 318 g/mol. The molecule has 0 radical (unpaired) electrons. The lowest BCUT2D eigenvalue weighted by atomic mass is 10.1. The molecule has 2 aromatic rings. The van der Waals surface area contributed by atoms with Crippen LogP contribution in [0, 0.1) is 12.8 Å². The Balaban J connectivity index is 2.01. The SMILES string of the molecule is Cc1nc(-c2cccs2)ccc1C(=O)NCC(O)CC(C)C. The molecule has 0 aromatic carbocycles. The van der Waals surface area contributed by atoms with Gasteiger partial charge in [-0.15, -0.1) is 11.3 Å². The van der Waals surface area contributed by atoms with Gasteiger partial charge < -0.3 is 10.4 Å². The zero-order valence-corrected chi connectivity index (χ0v) is 14.0. The number of pyridine rings is 1. The van der Waals surface area contributed by atoms with Gasteiger partial charge >= 0.3 is 0 Å². The molecule has 2 N–H and O–H groups in total. The van der Waals surface area contributed by atoms with Crippen LogP contribution >= 0.6 is 11.3 Å². The summed E-state index contributed by atoms with van der Waals surface area (Å²) in [5.41, 5.74) is 2.13. The first kappa shape index (κ1) is 16.6. The molecule has 1 unspecified atom stereocenters. The molecule has 0 spiro atoms. The van der Waals surface area contributed by atoms with Crippen LogP contribution in [0.15, 0.2) is 29.6 Å². The molecule has 0 saturated carbocycles. The van der Waals surface area contributed by atoms with Crippen molar-refractivity contribution in [1.82, 2.24) is 10.3 Å². The van der Waals surface area contributed by atoms with E-state index in [2.05, 4.69) is 10.3 Å². The highest BCUT2D eigenvalue weighted by molar-refractivity contribution is 7.13. The smallest absolute Gasteiger partial charge is 0.253 e. The Labute approximate surface area is 135 Å². The fourth-order valence-electron chi connectivity index (χ4n) is 2.30. The van der Waals surface area contributed by atoms with Crippen LogP contribution in [-0.2, 0) is 0 Å². The van der Waals surface area contributed by atoms with Crippen molar-refractivity contribution in [2.24, 2.45) is 5.92 Å². The number of aromatic nitrogens is 1. The Bertz CT molecular complexity index is 624. The molecular formula is C17H22N2O2S. The summed E-state index contributed by atoms with van der Waals surface area (Å²) in [6, 6.07) is 7.64. The third-order valence-electron chi connectivity index (χ3n) is 3.35. The summed E-state index contributed by atoms with van der Waals surface area (Å²) in [5, 5.41) is 14.6. The standard InChI is InChI=1S/C17H22N2O2S/c1-11(2)9-13(20)10-18-17(21)14-6-7-15(19-12(14)3)16-5-4-8-22-16/h4-8,11,13,20H,9-10H2,1-3H3,(H,18,21). The van der Waals surface area contributed by atoms with Crippen LogP contribution in [0.5, 0.6) is 0 Å². The lowest BCUT2D eigenvalue weighted by molar-refractivity contribution is 0.0899. The van der Waals surface area contributed by atoms with E-state index in [1.807, 2.05) is 44.4 Å². The van der Waals surface area contributed by atoms with Gasteiger partial charge in [-0.1, -0.05) is 19.9 Å². The number of nitrogens with zero attached hydrogens (tertiary/aromatic N) is 1. The van der Waals surface area contributed by atoms with Crippen molar-refractivity contribution in [3.8, 4) is 10.6 Å². The van der Waals surface area contributed by atoms with E-state index in [4.69, 9.17) is 0 Å². The molecule has 2 aromatic heterocycles. The van der Waals surface area contributed by atoms with Gasteiger partial charge in [0, 0.05) is 6.54 Å². The van der Waals surface area contributed by atoms with Gasteiger partial charge in [-0.2, -0.15) is 0 Å². The number of amides is 1. The quantitative estimate of drug-likeness (QED) is 0.859. The van der Waals surface area contributed by atoms with Crippen LogP contribution in [-0.4, -0.2) is 28.6 Å². The van der Waals surface area contributed by atoms with Gasteiger partial charge in [0.15, 0.2) is 0 Å². The van der Waals surface area contributed by atoms with Crippen LogP contribution in [0.4, 0.5) is 0 Å². The third-order valence-corrected chi connectivity index (χ3v) is 4.24. The van der Waals surface area contributed by atoms with Gasteiger partial charge in [-0.25, -0.2) is 0 Å². The number of aryl methyl sites for hydroxylation is 1. The highest BCUT2D eigenvalue weighted by atomic mass is 32.1. The van der Waals surface area contributed by atoms with E-state index in [9.17, 15) is 9.90 Å². The fraction of sp³-hybridized carbons (Fsp3) is 0.412. The van der Waals surface area contributed by atoms with E-state index >= 15 is 0 Å². The highest BCUT2D eigenvalue weighted by Crippen LogP contribution is 2.23. The topological polar surface area (TPSA) is 62.2 Å². The van der Waals surface area contributed by atoms with Crippen molar-refractivity contribution in [1.29, 1.82) is 0 Å². The maximum Gasteiger partial charge on any atom is 0.253 e. The van der Waals surface area contributed by atoms with Gasteiger partial charge in [0.1, 0.15) is 0 Å². The molecule has 0 saturated heterocycles. The number of aliphatic hydroxyl groups excluding tert-OH is 1. The maximum absolute atomic E-state index is 12.2. The van der Waals surface area contributed by atoms with Crippen LogP contribution in [0.25, 0.3) is 10.6 Å². The average Bonchev–Trinajstić information content (AvgIpc) is 2.98. The molecule has 0 bridgehead atoms. The maximum atomic E-state index is 12.2. The van der Waals surface area contributed by atoms with Crippen LogP contribution < -0.4 is 5.32 Å². The number of thiophene rings is 1. The van der Waals surface area contributed by atoms with Crippen molar-refractivity contribution < 1.29 is 9.90 Å². The predicted molar refractivity (Wildman–Crippen MR) is 90.1 cm³/mol. The van der Waals surface area contributed by atoms with Crippen molar-refractivity contribution in [2.75, 3.05) is 6.54 Å². The summed E-state index contributed by atoms with van der Waals surface area (Å²) in [6.07, 6.45) is 0.164. The number of nitrogens with one attached hydrogen (secondary N) is 1. The second-order valence-electron chi connectivity index (χ2n) is 5.80. The van der Waals surface area contributed by atoms with E-state index in [0.29, 0.717) is 23.6 Å². The van der Waals surface area contributed by atoms with E-state index in [-0.39, 0.29) is 12.5 Å². The molecule has 0 aliphatic rings. The van der Waals surface area contributed by atoms with Crippen LogP contribution in [0.1, 0.15) is 36.3 Å². The lowest BCUT2D eigenvalue weighted by Gasteiger charge is -2.14. The summed E-state index contributed by atoms with van der Waals surface area (Å²) in [7, 11) is 0. The second-order valence-corrected chi connectivity index (χ2v) is 6.75. The van der Waals surface area contributed by atoms with E-state index in [0.717, 1.165) is 10.6 Å². The minimum absolute atomic E-state index is 0.189. The molecule has 4 nitrogen and oxygen atoms in total. The molecule has 2 heterocycles. The number of carbonyl (C=O) groups excluding carboxylic acids is 1. The van der Waals surface area contributed by atoms with Crippen molar-refractivity contribution in [3.05, 3.63) is 40.9 Å². The van der Waals surface area contributed by atoms with Crippen molar-refractivity contribution in [3.63, 3.8) is 0 Å². The Morgan fingerprint density at radius 1 is 1.36 bits per heavy atom. The summed E-state index contributed by atoms with van der Waals surface area (Å²) < 4.78 is 0. The summed E-state index contributed by atoms with van der Waals surface area (Å²) in [6.45, 7) is 6.19. The van der Waals surface area contributed by atoms with E-state index in [1.54, 1.807) is 17.4 Å². The first-order chi connectivity index (χ1) is 10.5. The minimum Gasteiger partial charge on any atom is -0.391 e. The zero-order valence-electron chi connectivity index (χ0n) is 13.2. The Kier molecular flexibility index (Phi) is 5.69. The number of carbonyl (C=O) groups is 1. The van der Waals surface area contributed by atoms with Crippen molar-refractivity contribution >= 4 is 17.2 Å². The summed E-state index contributed by atoms with van der Waals surface area (Å²) >= 11 is 1.62. The molecule has 22 heavy (non-hydrogen) atoms. The molecule has 1 atom stereocenters. The van der Waals surface area contributed by atoms with Gasteiger partial charge in [0.05, 0.1) is 27.9 Å². The van der Waals surface area contributed by atoms with Gasteiger partial charge in [0.25, 0.3) is 5.91 Å². The molecule has 5 heteroatoms. The second kappa shape index (κ2) is 7.51. The normalized spacial score (nSPS) is 12.4. The van der Waals surface area contributed by atoms with Gasteiger partial charge in [-0.3, -0.25) is 9.78 Å². The summed E-state index contributed by atoms with van der Waals surface area (Å²) in [5.74, 6) is 0.214. The molecule has 118 valence electrons. The van der Waals surface area contributed by atoms with E-state index in [1.165, 1.54) is 0 Å². The molecule has 2 rings (SSSR count).